The van der Waals surface area contributed by atoms with Crippen LogP contribution in [-0.4, -0.2) is 9.71 Å². The van der Waals surface area contributed by atoms with Gasteiger partial charge in [-0.3, -0.25) is 4.79 Å². The summed E-state index contributed by atoms with van der Waals surface area (Å²) in [6, 6.07) is 0. The van der Waals surface area contributed by atoms with Gasteiger partial charge in [-0.05, 0) is 13.3 Å². The highest BCUT2D eigenvalue weighted by molar-refractivity contribution is 14.1. The third kappa shape index (κ3) is 1.15. The van der Waals surface area contributed by atoms with Crippen LogP contribution in [0.5, 0.6) is 0 Å². The molecule has 2 heteroatoms. The van der Waals surface area contributed by atoms with Crippen LogP contribution in [0.2, 0.25) is 0 Å². The van der Waals surface area contributed by atoms with Gasteiger partial charge < -0.3 is 0 Å². The van der Waals surface area contributed by atoms with E-state index in [0.717, 1.165) is 6.42 Å². The SMILES string of the molecule is CC(=O)[C@@H]1C[C@H]1I. The number of carbonyl (C=O) groups is 1. The Morgan fingerprint density at radius 2 is 2.29 bits per heavy atom. The van der Waals surface area contributed by atoms with E-state index in [0.29, 0.717) is 15.6 Å². The quantitative estimate of drug-likeness (QED) is 0.472. The second-order valence-corrected chi connectivity index (χ2v) is 3.57. The molecule has 40 valence electrons. The van der Waals surface area contributed by atoms with Gasteiger partial charge in [0, 0.05) is 9.84 Å². The topological polar surface area (TPSA) is 17.1 Å². The summed E-state index contributed by atoms with van der Waals surface area (Å²) in [5.41, 5.74) is 0. The summed E-state index contributed by atoms with van der Waals surface area (Å²) in [5, 5.41) is 0. The van der Waals surface area contributed by atoms with E-state index in [4.69, 9.17) is 0 Å². The lowest BCUT2D eigenvalue weighted by molar-refractivity contribution is -0.118. The highest BCUT2D eigenvalue weighted by atomic mass is 127. The van der Waals surface area contributed by atoms with Gasteiger partial charge in [-0.15, -0.1) is 0 Å². The maximum Gasteiger partial charge on any atom is 0.133 e. The molecule has 1 saturated carbocycles. The van der Waals surface area contributed by atoms with Gasteiger partial charge in [-0.2, -0.15) is 0 Å². The van der Waals surface area contributed by atoms with Crippen molar-refractivity contribution in [2.45, 2.75) is 17.3 Å². The van der Waals surface area contributed by atoms with Crippen LogP contribution in [0.3, 0.4) is 0 Å². The van der Waals surface area contributed by atoms with Crippen LogP contribution in [0.25, 0.3) is 0 Å². The van der Waals surface area contributed by atoms with Crippen LogP contribution < -0.4 is 0 Å². The zero-order chi connectivity index (χ0) is 5.44. The normalized spacial score (nSPS) is 38.0. The lowest BCUT2D eigenvalue weighted by Gasteiger charge is -1.79. The molecule has 1 rings (SSSR count). The van der Waals surface area contributed by atoms with E-state index in [2.05, 4.69) is 22.6 Å². The molecule has 0 N–H and O–H groups in total. The Balaban J connectivity index is 2.33. The molecule has 0 bridgehead atoms. The number of hydrogen-bond donors (Lipinski definition) is 0. The summed E-state index contributed by atoms with van der Waals surface area (Å²) in [6.45, 7) is 1.67. The molecule has 0 radical (unpaired) electrons. The molecule has 1 aliphatic rings. The van der Waals surface area contributed by atoms with E-state index >= 15 is 0 Å². The number of Topliss-reactive ketones (excluding diaryl/α,β-unsaturated/α-hetero) is 1. The number of ketones is 1. The molecule has 0 aromatic carbocycles. The zero-order valence-electron chi connectivity index (χ0n) is 4.15. The molecule has 0 aromatic rings. The first-order valence-electron chi connectivity index (χ1n) is 2.36. The molecular formula is C5H7IO. The maximum absolute atomic E-state index is 10.4. The smallest absolute Gasteiger partial charge is 0.133 e. The molecule has 2 atom stereocenters. The first kappa shape index (κ1) is 5.54. The van der Waals surface area contributed by atoms with Gasteiger partial charge in [-0.25, -0.2) is 0 Å². The fourth-order valence-electron chi connectivity index (χ4n) is 0.585. The summed E-state index contributed by atoms with van der Waals surface area (Å²) < 4.78 is 0.662. The molecular weight excluding hydrogens is 203 g/mol. The van der Waals surface area contributed by atoms with Gasteiger partial charge in [0.2, 0.25) is 0 Å². The van der Waals surface area contributed by atoms with Crippen molar-refractivity contribution >= 4 is 28.4 Å². The second-order valence-electron chi connectivity index (χ2n) is 1.97. The van der Waals surface area contributed by atoms with Gasteiger partial charge in [-0.1, -0.05) is 22.6 Å². The summed E-state index contributed by atoms with van der Waals surface area (Å²) in [5.74, 6) is 0.778. The lowest BCUT2D eigenvalue weighted by Crippen LogP contribution is -1.92. The van der Waals surface area contributed by atoms with Crippen molar-refractivity contribution in [1.29, 1.82) is 0 Å². The monoisotopic (exact) mass is 210 g/mol. The Bertz CT molecular complexity index is 100. The first-order chi connectivity index (χ1) is 3.22. The molecule has 0 amide bonds. The van der Waals surface area contributed by atoms with Gasteiger partial charge in [0.25, 0.3) is 0 Å². The Hall–Kier alpha value is 0.400. The molecule has 0 unspecified atom stereocenters. The van der Waals surface area contributed by atoms with Crippen LogP contribution in [0.4, 0.5) is 0 Å². The van der Waals surface area contributed by atoms with E-state index in [9.17, 15) is 4.79 Å². The first-order valence-corrected chi connectivity index (χ1v) is 3.61. The van der Waals surface area contributed by atoms with E-state index in [1.165, 1.54) is 0 Å². The molecule has 1 fully saturated rings. The number of hydrogen-bond acceptors (Lipinski definition) is 1. The Labute approximate surface area is 56.6 Å². The number of rotatable bonds is 1. The average Bonchev–Trinajstić information content (AvgIpc) is 2.17. The summed E-state index contributed by atoms with van der Waals surface area (Å²) in [7, 11) is 0. The zero-order valence-corrected chi connectivity index (χ0v) is 6.31. The van der Waals surface area contributed by atoms with Crippen molar-refractivity contribution in [1.82, 2.24) is 0 Å². The van der Waals surface area contributed by atoms with E-state index < -0.39 is 0 Å². The predicted molar refractivity (Wildman–Crippen MR) is 36.6 cm³/mol. The number of alkyl halides is 1. The highest BCUT2D eigenvalue weighted by Crippen LogP contribution is 2.38. The van der Waals surface area contributed by atoms with Crippen molar-refractivity contribution < 1.29 is 4.79 Å². The second kappa shape index (κ2) is 1.73. The van der Waals surface area contributed by atoms with Crippen molar-refractivity contribution in [3.63, 3.8) is 0 Å². The van der Waals surface area contributed by atoms with Crippen molar-refractivity contribution in [3.8, 4) is 0 Å². The molecule has 1 nitrogen and oxygen atoms in total. The molecule has 0 aromatic heterocycles. The van der Waals surface area contributed by atoms with Crippen molar-refractivity contribution in [3.05, 3.63) is 0 Å². The fraction of sp³-hybridized carbons (Fsp3) is 0.800. The van der Waals surface area contributed by atoms with Crippen LogP contribution in [0, 0.1) is 5.92 Å². The van der Waals surface area contributed by atoms with Crippen LogP contribution in [0.1, 0.15) is 13.3 Å². The third-order valence-corrected chi connectivity index (χ3v) is 2.61. The van der Waals surface area contributed by atoms with Gasteiger partial charge in [0.1, 0.15) is 5.78 Å². The average molecular weight is 210 g/mol. The Morgan fingerprint density at radius 3 is 2.29 bits per heavy atom. The summed E-state index contributed by atoms with van der Waals surface area (Å²) in [6.07, 6.45) is 1.12. The van der Waals surface area contributed by atoms with E-state index in [-0.39, 0.29) is 0 Å². The van der Waals surface area contributed by atoms with Gasteiger partial charge in [0.05, 0.1) is 0 Å². The minimum atomic E-state index is 0.361. The standard InChI is InChI=1S/C5H7IO/c1-3(7)4-2-5(4)6/h4-5H,2H2,1H3/t4-,5+/m0/s1. The van der Waals surface area contributed by atoms with E-state index in [1.54, 1.807) is 6.92 Å². The molecule has 0 heterocycles. The third-order valence-electron chi connectivity index (χ3n) is 1.23. The van der Waals surface area contributed by atoms with Gasteiger partial charge in [0.15, 0.2) is 0 Å². The van der Waals surface area contributed by atoms with Crippen LogP contribution in [-0.2, 0) is 4.79 Å². The van der Waals surface area contributed by atoms with Gasteiger partial charge >= 0.3 is 0 Å². The van der Waals surface area contributed by atoms with Crippen molar-refractivity contribution in [2.75, 3.05) is 0 Å². The Kier molecular flexibility index (Phi) is 1.36. The van der Waals surface area contributed by atoms with Crippen LogP contribution in [0.15, 0.2) is 0 Å². The number of halogens is 1. The predicted octanol–water partition coefficient (Wildman–Crippen LogP) is 1.40. The largest absolute Gasteiger partial charge is 0.300 e. The lowest BCUT2D eigenvalue weighted by atomic mass is 10.3. The van der Waals surface area contributed by atoms with Crippen LogP contribution >= 0.6 is 22.6 Å². The maximum atomic E-state index is 10.4. The Morgan fingerprint density at radius 1 is 1.86 bits per heavy atom. The summed E-state index contributed by atoms with van der Waals surface area (Å²) in [4.78, 5) is 10.4. The summed E-state index contributed by atoms with van der Waals surface area (Å²) >= 11 is 2.31. The fourth-order valence-corrected chi connectivity index (χ4v) is 1.64. The molecule has 0 spiro atoms. The van der Waals surface area contributed by atoms with E-state index in [1.807, 2.05) is 0 Å². The number of carbonyl (C=O) groups excluding carboxylic acids is 1. The molecule has 0 aliphatic heterocycles. The molecule has 7 heavy (non-hydrogen) atoms. The minimum absolute atomic E-state index is 0.361. The minimum Gasteiger partial charge on any atom is -0.300 e. The van der Waals surface area contributed by atoms with Crippen molar-refractivity contribution in [2.24, 2.45) is 5.92 Å². The molecule has 0 saturated heterocycles. The highest BCUT2D eigenvalue weighted by Gasteiger charge is 2.37. The molecule has 1 aliphatic carbocycles.